The molecule has 0 aromatic rings. The zero-order chi connectivity index (χ0) is 7.19. The van der Waals surface area contributed by atoms with Crippen molar-refractivity contribution in [1.82, 2.24) is 0 Å². The second-order valence-corrected chi connectivity index (χ2v) is 4.16. The minimum absolute atomic E-state index is 0.428. The Bertz CT molecular complexity index is 174. The molecule has 0 spiro atoms. The molecule has 2 aliphatic carbocycles. The Morgan fingerprint density at radius 2 is 2.40 bits per heavy atom. The Hall–Kier alpha value is -0.330. The number of ketones is 1. The van der Waals surface area contributed by atoms with Crippen molar-refractivity contribution in [3.8, 4) is 0 Å². The summed E-state index contributed by atoms with van der Waals surface area (Å²) in [5.41, 5.74) is 0.428. The number of rotatable bonds is 0. The van der Waals surface area contributed by atoms with E-state index in [0.29, 0.717) is 11.2 Å². The van der Waals surface area contributed by atoms with E-state index in [1.807, 2.05) is 0 Å². The molecule has 0 aromatic heterocycles. The lowest BCUT2D eigenvalue weighted by Crippen LogP contribution is -2.13. The molecule has 0 aromatic carbocycles. The van der Waals surface area contributed by atoms with Gasteiger partial charge in [0, 0.05) is 12.8 Å². The third-order valence-electron chi connectivity index (χ3n) is 3.36. The molecule has 0 N–H and O–H groups in total. The van der Waals surface area contributed by atoms with Crippen LogP contribution in [0.1, 0.15) is 39.0 Å². The Morgan fingerprint density at radius 1 is 1.60 bits per heavy atom. The lowest BCUT2D eigenvalue weighted by Gasteiger charge is -2.21. The average Bonchev–Trinajstić information content (AvgIpc) is 2.20. The zero-order valence-electron chi connectivity index (χ0n) is 6.52. The predicted molar refractivity (Wildman–Crippen MR) is 39.7 cm³/mol. The predicted octanol–water partition coefficient (Wildman–Crippen LogP) is 2.16. The summed E-state index contributed by atoms with van der Waals surface area (Å²) in [6.07, 6.45) is 5.72. The molecule has 0 amide bonds. The smallest absolute Gasteiger partial charge is 0.133 e. The Kier molecular flexibility index (Phi) is 1.17. The van der Waals surface area contributed by atoms with Gasteiger partial charge in [0.15, 0.2) is 0 Å². The molecule has 0 heterocycles. The van der Waals surface area contributed by atoms with Crippen molar-refractivity contribution in [3.63, 3.8) is 0 Å². The van der Waals surface area contributed by atoms with Crippen LogP contribution in [0.3, 0.4) is 0 Å². The molecule has 56 valence electrons. The molecular weight excluding hydrogens is 124 g/mol. The molecule has 0 aliphatic heterocycles. The van der Waals surface area contributed by atoms with Crippen LogP contribution in [0.2, 0.25) is 0 Å². The second-order valence-electron chi connectivity index (χ2n) is 4.16. The highest BCUT2D eigenvalue weighted by atomic mass is 16.1. The minimum Gasteiger partial charge on any atom is -0.300 e. The monoisotopic (exact) mass is 138 g/mol. The van der Waals surface area contributed by atoms with Crippen LogP contribution in [0.15, 0.2) is 0 Å². The Balaban J connectivity index is 2.22. The standard InChI is InChI=1S/C9H14O/c1-9-4-2-3-7(9)5-8(10)6-9/h7H,2-6H2,1H3/t7-,9+/m1/s1. The van der Waals surface area contributed by atoms with Gasteiger partial charge in [-0.2, -0.15) is 0 Å². The molecule has 0 radical (unpaired) electrons. The maximum Gasteiger partial charge on any atom is 0.133 e. The van der Waals surface area contributed by atoms with E-state index in [1.165, 1.54) is 19.3 Å². The number of Topliss-reactive ketones (excluding diaryl/α,β-unsaturated/α-hetero) is 1. The van der Waals surface area contributed by atoms with Gasteiger partial charge in [0.2, 0.25) is 0 Å². The van der Waals surface area contributed by atoms with E-state index >= 15 is 0 Å². The number of hydrogen-bond donors (Lipinski definition) is 0. The first-order valence-corrected chi connectivity index (χ1v) is 4.22. The quantitative estimate of drug-likeness (QED) is 0.501. The van der Waals surface area contributed by atoms with Crippen LogP contribution >= 0.6 is 0 Å². The molecule has 2 saturated carbocycles. The van der Waals surface area contributed by atoms with E-state index in [9.17, 15) is 4.79 Å². The highest BCUT2D eigenvalue weighted by molar-refractivity contribution is 5.82. The number of carbonyl (C=O) groups excluding carboxylic acids is 1. The Labute approximate surface area is 61.8 Å². The van der Waals surface area contributed by atoms with Crippen molar-refractivity contribution in [3.05, 3.63) is 0 Å². The van der Waals surface area contributed by atoms with Crippen LogP contribution in [0.25, 0.3) is 0 Å². The third kappa shape index (κ3) is 0.727. The summed E-state index contributed by atoms with van der Waals surface area (Å²) >= 11 is 0. The second kappa shape index (κ2) is 1.84. The maximum absolute atomic E-state index is 11.1. The summed E-state index contributed by atoms with van der Waals surface area (Å²) < 4.78 is 0. The van der Waals surface area contributed by atoms with E-state index in [-0.39, 0.29) is 0 Å². The van der Waals surface area contributed by atoms with E-state index in [4.69, 9.17) is 0 Å². The molecule has 0 saturated heterocycles. The van der Waals surface area contributed by atoms with E-state index < -0.39 is 0 Å². The molecule has 10 heavy (non-hydrogen) atoms. The van der Waals surface area contributed by atoms with Gasteiger partial charge in [-0.25, -0.2) is 0 Å². The van der Waals surface area contributed by atoms with Crippen molar-refractivity contribution in [1.29, 1.82) is 0 Å². The zero-order valence-corrected chi connectivity index (χ0v) is 6.52. The lowest BCUT2D eigenvalue weighted by atomic mass is 9.83. The van der Waals surface area contributed by atoms with Gasteiger partial charge >= 0.3 is 0 Å². The van der Waals surface area contributed by atoms with Crippen LogP contribution in [-0.2, 0) is 4.79 Å². The summed E-state index contributed by atoms with van der Waals surface area (Å²) in [5.74, 6) is 1.26. The molecule has 2 rings (SSSR count). The first kappa shape index (κ1) is 6.38. The number of fused-ring (bicyclic) bond motifs is 1. The largest absolute Gasteiger partial charge is 0.300 e. The van der Waals surface area contributed by atoms with Crippen LogP contribution in [0.5, 0.6) is 0 Å². The highest BCUT2D eigenvalue weighted by Crippen LogP contribution is 2.52. The topological polar surface area (TPSA) is 17.1 Å². The molecule has 2 fully saturated rings. The summed E-state index contributed by atoms with van der Waals surface area (Å²) in [4.78, 5) is 11.1. The van der Waals surface area contributed by atoms with E-state index in [1.54, 1.807) is 0 Å². The van der Waals surface area contributed by atoms with Gasteiger partial charge in [-0.3, -0.25) is 4.79 Å². The molecule has 2 atom stereocenters. The molecule has 0 unspecified atom stereocenters. The summed E-state index contributed by atoms with van der Waals surface area (Å²) in [5, 5.41) is 0. The van der Waals surface area contributed by atoms with Crippen LogP contribution in [-0.4, -0.2) is 5.78 Å². The maximum atomic E-state index is 11.1. The van der Waals surface area contributed by atoms with Crippen molar-refractivity contribution in [2.75, 3.05) is 0 Å². The highest BCUT2D eigenvalue weighted by Gasteiger charge is 2.45. The van der Waals surface area contributed by atoms with Crippen LogP contribution in [0.4, 0.5) is 0 Å². The van der Waals surface area contributed by atoms with Crippen molar-refractivity contribution in [2.45, 2.75) is 39.0 Å². The van der Waals surface area contributed by atoms with E-state index in [2.05, 4.69) is 6.92 Å². The lowest BCUT2D eigenvalue weighted by molar-refractivity contribution is -0.118. The van der Waals surface area contributed by atoms with Crippen LogP contribution in [0, 0.1) is 11.3 Å². The van der Waals surface area contributed by atoms with Gasteiger partial charge in [0.05, 0.1) is 0 Å². The molecule has 1 nitrogen and oxygen atoms in total. The van der Waals surface area contributed by atoms with Gasteiger partial charge in [-0.15, -0.1) is 0 Å². The summed E-state index contributed by atoms with van der Waals surface area (Å²) in [6, 6.07) is 0. The summed E-state index contributed by atoms with van der Waals surface area (Å²) in [6.45, 7) is 2.29. The average molecular weight is 138 g/mol. The Morgan fingerprint density at radius 3 is 3.10 bits per heavy atom. The number of carbonyl (C=O) groups is 1. The van der Waals surface area contributed by atoms with Gasteiger partial charge in [-0.1, -0.05) is 13.3 Å². The van der Waals surface area contributed by atoms with Crippen LogP contribution < -0.4 is 0 Å². The van der Waals surface area contributed by atoms with Gasteiger partial charge in [-0.05, 0) is 24.2 Å². The first-order chi connectivity index (χ1) is 4.71. The van der Waals surface area contributed by atoms with E-state index in [0.717, 1.165) is 18.8 Å². The van der Waals surface area contributed by atoms with Gasteiger partial charge < -0.3 is 0 Å². The number of hydrogen-bond acceptors (Lipinski definition) is 1. The fraction of sp³-hybridized carbons (Fsp3) is 0.889. The first-order valence-electron chi connectivity index (χ1n) is 4.22. The normalized spacial score (nSPS) is 46.1. The van der Waals surface area contributed by atoms with Gasteiger partial charge in [0.1, 0.15) is 5.78 Å². The molecule has 2 aliphatic rings. The van der Waals surface area contributed by atoms with Crippen molar-refractivity contribution in [2.24, 2.45) is 11.3 Å². The molecular formula is C9H14O. The SMILES string of the molecule is C[C@@]12CCC[C@@H]1CC(=O)C2. The van der Waals surface area contributed by atoms with Crippen molar-refractivity contribution < 1.29 is 4.79 Å². The fourth-order valence-corrected chi connectivity index (χ4v) is 2.68. The summed E-state index contributed by atoms with van der Waals surface area (Å²) in [7, 11) is 0. The molecule has 0 bridgehead atoms. The third-order valence-corrected chi connectivity index (χ3v) is 3.36. The molecule has 1 heteroatoms. The van der Waals surface area contributed by atoms with Crippen molar-refractivity contribution >= 4 is 5.78 Å². The minimum atomic E-state index is 0.428. The fourth-order valence-electron chi connectivity index (χ4n) is 2.68. The van der Waals surface area contributed by atoms with Gasteiger partial charge in [0.25, 0.3) is 0 Å².